The maximum atomic E-state index is 11.9. The smallest absolute Gasteiger partial charge is 0.257 e. The molecule has 0 radical (unpaired) electrons. The van der Waals surface area contributed by atoms with E-state index in [-0.39, 0.29) is 12.5 Å². The minimum atomic E-state index is -0.210. The summed E-state index contributed by atoms with van der Waals surface area (Å²) in [6.07, 6.45) is 0. The quantitative estimate of drug-likeness (QED) is 0.835. The van der Waals surface area contributed by atoms with Crippen molar-refractivity contribution in [3.8, 4) is 11.8 Å². The van der Waals surface area contributed by atoms with Crippen molar-refractivity contribution in [1.29, 1.82) is 0 Å². The summed E-state index contributed by atoms with van der Waals surface area (Å²) in [6, 6.07) is 9.62. The second-order valence-corrected chi connectivity index (χ2v) is 4.05. The fraction of sp³-hybridized carbons (Fsp3) is 0.200. The van der Waals surface area contributed by atoms with Crippen LogP contribution in [0.3, 0.4) is 0 Å². The van der Waals surface area contributed by atoms with Crippen LogP contribution in [0.4, 0.5) is 0 Å². The molecule has 0 unspecified atom stereocenters. The van der Waals surface area contributed by atoms with E-state index < -0.39 is 0 Å². The number of aromatic nitrogens is 1. The van der Waals surface area contributed by atoms with Crippen molar-refractivity contribution in [2.45, 2.75) is 13.8 Å². The van der Waals surface area contributed by atoms with Crippen LogP contribution in [-0.2, 0) is 0 Å². The van der Waals surface area contributed by atoms with Crippen molar-refractivity contribution in [1.82, 2.24) is 10.5 Å². The Morgan fingerprint density at radius 3 is 2.68 bits per heavy atom. The highest BCUT2D eigenvalue weighted by atomic mass is 16.5. The summed E-state index contributed by atoms with van der Waals surface area (Å²) in [5, 5.41) is 6.47. The zero-order valence-corrected chi connectivity index (χ0v) is 10.9. The monoisotopic (exact) mass is 254 g/mol. The average molecular weight is 254 g/mol. The van der Waals surface area contributed by atoms with Gasteiger partial charge in [0, 0.05) is 5.56 Å². The summed E-state index contributed by atoms with van der Waals surface area (Å²) >= 11 is 0. The van der Waals surface area contributed by atoms with Gasteiger partial charge >= 0.3 is 0 Å². The van der Waals surface area contributed by atoms with E-state index in [1.807, 2.05) is 30.3 Å². The minimum Gasteiger partial charge on any atom is -0.361 e. The Labute approximate surface area is 111 Å². The average Bonchev–Trinajstić information content (AvgIpc) is 2.75. The number of carbonyl (C=O) groups excluding carboxylic acids is 1. The van der Waals surface area contributed by atoms with Crippen LogP contribution in [0.15, 0.2) is 34.9 Å². The Kier molecular flexibility index (Phi) is 3.99. The topological polar surface area (TPSA) is 55.1 Å². The summed E-state index contributed by atoms with van der Waals surface area (Å²) < 4.78 is 4.95. The normalized spacial score (nSPS) is 9.58. The minimum absolute atomic E-state index is 0.210. The van der Waals surface area contributed by atoms with Crippen LogP contribution >= 0.6 is 0 Å². The number of nitrogens with zero attached hydrogens (tertiary/aromatic N) is 1. The zero-order chi connectivity index (χ0) is 13.7. The van der Waals surface area contributed by atoms with Crippen LogP contribution in [0.2, 0.25) is 0 Å². The van der Waals surface area contributed by atoms with Gasteiger partial charge in [-0.15, -0.1) is 0 Å². The number of carbonyl (C=O) groups is 1. The lowest BCUT2D eigenvalue weighted by atomic mass is 10.2. The van der Waals surface area contributed by atoms with Crippen molar-refractivity contribution in [3.63, 3.8) is 0 Å². The van der Waals surface area contributed by atoms with Crippen molar-refractivity contribution >= 4 is 5.91 Å². The molecule has 0 fully saturated rings. The number of hydrogen-bond donors (Lipinski definition) is 1. The molecule has 4 nitrogen and oxygen atoms in total. The lowest BCUT2D eigenvalue weighted by Gasteiger charge is -1.99. The van der Waals surface area contributed by atoms with Gasteiger partial charge in [-0.25, -0.2) is 0 Å². The van der Waals surface area contributed by atoms with Crippen LogP contribution in [0.5, 0.6) is 0 Å². The molecule has 1 N–H and O–H groups in total. The number of amides is 1. The highest BCUT2D eigenvalue weighted by Crippen LogP contribution is 2.11. The van der Waals surface area contributed by atoms with E-state index in [0.717, 1.165) is 5.56 Å². The largest absolute Gasteiger partial charge is 0.361 e. The van der Waals surface area contributed by atoms with Gasteiger partial charge in [0.1, 0.15) is 11.3 Å². The molecule has 2 rings (SSSR count). The van der Waals surface area contributed by atoms with E-state index in [1.165, 1.54) is 0 Å². The molecule has 0 aliphatic rings. The molecular weight excluding hydrogens is 240 g/mol. The summed E-state index contributed by atoms with van der Waals surface area (Å²) in [7, 11) is 0. The lowest BCUT2D eigenvalue weighted by molar-refractivity contribution is 0.0956. The SMILES string of the molecule is Cc1noc(C)c1C(=O)NCC#Cc1ccccc1. The first-order chi connectivity index (χ1) is 9.18. The molecule has 1 aromatic heterocycles. The van der Waals surface area contributed by atoms with Gasteiger partial charge in [0.05, 0.1) is 12.2 Å². The summed E-state index contributed by atoms with van der Waals surface area (Å²) in [5.74, 6) is 6.18. The first-order valence-electron chi connectivity index (χ1n) is 5.93. The molecule has 0 atom stereocenters. The molecule has 0 saturated carbocycles. The summed E-state index contributed by atoms with van der Waals surface area (Å²) in [5.41, 5.74) is 2.00. The molecule has 0 saturated heterocycles. The van der Waals surface area contributed by atoms with E-state index in [9.17, 15) is 4.79 Å². The van der Waals surface area contributed by atoms with Gasteiger partial charge in [-0.1, -0.05) is 35.2 Å². The van der Waals surface area contributed by atoms with E-state index >= 15 is 0 Å². The molecule has 0 bridgehead atoms. The number of rotatable bonds is 2. The van der Waals surface area contributed by atoms with Crippen LogP contribution in [0, 0.1) is 25.7 Å². The predicted molar refractivity (Wildman–Crippen MR) is 71.6 cm³/mol. The highest BCUT2D eigenvalue weighted by Gasteiger charge is 2.16. The molecule has 96 valence electrons. The van der Waals surface area contributed by atoms with E-state index in [1.54, 1.807) is 13.8 Å². The maximum Gasteiger partial charge on any atom is 0.257 e. The van der Waals surface area contributed by atoms with E-state index in [0.29, 0.717) is 17.0 Å². The Hall–Kier alpha value is -2.54. The van der Waals surface area contributed by atoms with Crippen LogP contribution < -0.4 is 5.32 Å². The number of benzene rings is 1. The van der Waals surface area contributed by atoms with Gasteiger partial charge in [-0.3, -0.25) is 4.79 Å². The van der Waals surface area contributed by atoms with Crippen molar-refractivity contribution in [3.05, 3.63) is 52.9 Å². The van der Waals surface area contributed by atoms with Gasteiger partial charge in [-0.2, -0.15) is 0 Å². The Morgan fingerprint density at radius 2 is 2.05 bits per heavy atom. The van der Waals surface area contributed by atoms with Crippen LogP contribution in [0.25, 0.3) is 0 Å². The fourth-order valence-corrected chi connectivity index (χ4v) is 1.69. The maximum absolute atomic E-state index is 11.9. The summed E-state index contributed by atoms with van der Waals surface area (Å²) in [6.45, 7) is 3.74. The molecule has 1 aromatic carbocycles. The fourth-order valence-electron chi connectivity index (χ4n) is 1.69. The summed E-state index contributed by atoms with van der Waals surface area (Å²) in [4.78, 5) is 11.9. The van der Waals surface area contributed by atoms with Crippen molar-refractivity contribution in [2.24, 2.45) is 0 Å². The van der Waals surface area contributed by atoms with Crippen molar-refractivity contribution < 1.29 is 9.32 Å². The third-order valence-corrected chi connectivity index (χ3v) is 2.60. The van der Waals surface area contributed by atoms with E-state index in [2.05, 4.69) is 22.3 Å². The van der Waals surface area contributed by atoms with Crippen molar-refractivity contribution in [2.75, 3.05) is 6.54 Å². The standard InChI is InChI=1S/C15H14N2O2/c1-11-14(12(2)19-17-11)15(18)16-10-6-9-13-7-4-3-5-8-13/h3-5,7-8H,10H2,1-2H3,(H,16,18). The molecule has 0 aliphatic carbocycles. The molecule has 1 amide bonds. The number of aryl methyl sites for hydroxylation is 2. The number of nitrogens with one attached hydrogen (secondary N) is 1. The van der Waals surface area contributed by atoms with Gasteiger partial charge in [0.15, 0.2) is 0 Å². The third kappa shape index (κ3) is 3.23. The molecular formula is C15H14N2O2. The Balaban J connectivity index is 1.94. The zero-order valence-electron chi connectivity index (χ0n) is 10.9. The predicted octanol–water partition coefficient (Wildman–Crippen LogP) is 2.07. The van der Waals surface area contributed by atoms with Crippen LogP contribution in [0.1, 0.15) is 27.4 Å². The first kappa shape index (κ1) is 12.9. The lowest BCUT2D eigenvalue weighted by Crippen LogP contribution is -2.24. The first-order valence-corrected chi connectivity index (χ1v) is 5.93. The van der Waals surface area contributed by atoms with Gasteiger partial charge < -0.3 is 9.84 Å². The van der Waals surface area contributed by atoms with E-state index in [4.69, 9.17) is 4.52 Å². The molecule has 0 spiro atoms. The van der Waals surface area contributed by atoms with Gasteiger partial charge in [0.25, 0.3) is 5.91 Å². The van der Waals surface area contributed by atoms with Gasteiger partial charge in [0.2, 0.25) is 0 Å². The molecule has 4 heteroatoms. The Bertz CT molecular complexity index is 614. The molecule has 1 heterocycles. The van der Waals surface area contributed by atoms with Crippen LogP contribution in [-0.4, -0.2) is 17.6 Å². The molecule has 19 heavy (non-hydrogen) atoms. The number of hydrogen-bond acceptors (Lipinski definition) is 3. The third-order valence-electron chi connectivity index (χ3n) is 2.60. The second kappa shape index (κ2) is 5.87. The Morgan fingerprint density at radius 1 is 1.32 bits per heavy atom. The second-order valence-electron chi connectivity index (χ2n) is 4.05. The van der Waals surface area contributed by atoms with Gasteiger partial charge in [-0.05, 0) is 26.0 Å². The highest BCUT2D eigenvalue weighted by molar-refractivity contribution is 5.96. The molecule has 2 aromatic rings. The molecule has 0 aliphatic heterocycles.